The fraction of sp³-hybridized carbons (Fsp3) is 0.304. The van der Waals surface area contributed by atoms with Gasteiger partial charge in [-0.05, 0) is 31.2 Å². The summed E-state index contributed by atoms with van der Waals surface area (Å²) in [7, 11) is 0. The van der Waals surface area contributed by atoms with E-state index in [4.69, 9.17) is 0 Å². The lowest BCUT2D eigenvalue weighted by atomic mass is 10.1. The molecular weight excluding hydrogens is 392 g/mol. The van der Waals surface area contributed by atoms with Crippen molar-refractivity contribution in [2.45, 2.75) is 12.8 Å². The van der Waals surface area contributed by atoms with E-state index in [0.717, 1.165) is 68.1 Å². The number of hydrogen-bond acceptors (Lipinski definition) is 6. The summed E-state index contributed by atoms with van der Waals surface area (Å²) in [6.07, 6.45) is 1.67. The van der Waals surface area contributed by atoms with Gasteiger partial charge in [-0.2, -0.15) is 5.10 Å². The molecule has 0 unspecified atom stereocenters. The SMILES string of the molecule is O=c1[nH]c(CCCN2CCN(c3n[nH]c(=O)c4ccccc34)CC2)nc2ccccc12. The van der Waals surface area contributed by atoms with E-state index >= 15 is 0 Å². The Morgan fingerprint density at radius 1 is 0.839 bits per heavy atom. The van der Waals surface area contributed by atoms with E-state index in [0.29, 0.717) is 10.8 Å². The summed E-state index contributed by atoms with van der Waals surface area (Å²) in [5.41, 5.74) is 0.517. The van der Waals surface area contributed by atoms with Crippen LogP contribution in [0.1, 0.15) is 12.2 Å². The molecule has 1 aliphatic rings. The van der Waals surface area contributed by atoms with Crippen LogP contribution < -0.4 is 16.0 Å². The Kier molecular flexibility index (Phi) is 5.21. The quantitative estimate of drug-likeness (QED) is 0.516. The summed E-state index contributed by atoms with van der Waals surface area (Å²) in [5, 5.41) is 9.14. The van der Waals surface area contributed by atoms with Gasteiger partial charge >= 0.3 is 0 Å². The summed E-state index contributed by atoms with van der Waals surface area (Å²) >= 11 is 0. The van der Waals surface area contributed by atoms with Crippen LogP contribution in [0, 0.1) is 0 Å². The number of fused-ring (bicyclic) bond motifs is 2. The lowest BCUT2D eigenvalue weighted by Gasteiger charge is -2.35. The Morgan fingerprint density at radius 3 is 2.35 bits per heavy atom. The minimum Gasteiger partial charge on any atom is -0.352 e. The van der Waals surface area contributed by atoms with Gasteiger partial charge in [-0.15, -0.1) is 0 Å². The normalized spacial score (nSPS) is 15.0. The first-order valence-corrected chi connectivity index (χ1v) is 10.6. The first-order valence-electron chi connectivity index (χ1n) is 10.6. The molecular formula is C23H24N6O2. The van der Waals surface area contributed by atoms with Crippen molar-refractivity contribution in [1.29, 1.82) is 0 Å². The van der Waals surface area contributed by atoms with Gasteiger partial charge in [-0.3, -0.25) is 14.5 Å². The second kappa shape index (κ2) is 8.31. The summed E-state index contributed by atoms with van der Waals surface area (Å²) in [6.45, 7) is 4.51. The summed E-state index contributed by atoms with van der Waals surface area (Å²) in [4.78, 5) is 36.4. The molecule has 31 heavy (non-hydrogen) atoms. The van der Waals surface area contributed by atoms with Crippen LogP contribution in [0.2, 0.25) is 0 Å². The van der Waals surface area contributed by atoms with E-state index in [1.54, 1.807) is 6.07 Å². The van der Waals surface area contributed by atoms with Crippen molar-refractivity contribution in [3.8, 4) is 0 Å². The maximum absolute atomic E-state index is 12.2. The van der Waals surface area contributed by atoms with Crippen molar-refractivity contribution in [3.63, 3.8) is 0 Å². The summed E-state index contributed by atoms with van der Waals surface area (Å²) in [5.74, 6) is 1.58. The van der Waals surface area contributed by atoms with Gasteiger partial charge in [0.05, 0.1) is 16.3 Å². The molecule has 0 atom stereocenters. The van der Waals surface area contributed by atoms with Crippen LogP contribution >= 0.6 is 0 Å². The van der Waals surface area contributed by atoms with Crippen LogP contribution in [0.5, 0.6) is 0 Å². The van der Waals surface area contributed by atoms with Gasteiger partial charge in [0.2, 0.25) is 0 Å². The average Bonchev–Trinajstić information content (AvgIpc) is 2.80. The Bertz CT molecular complexity index is 1340. The zero-order valence-electron chi connectivity index (χ0n) is 17.2. The molecule has 1 aliphatic heterocycles. The van der Waals surface area contributed by atoms with Crippen molar-refractivity contribution >= 4 is 27.5 Å². The van der Waals surface area contributed by atoms with Gasteiger partial charge in [0.25, 0.3) is 11.1 Å². The minimum absolute atomic E-state index is 0.0742. The second-order valence-corrected chi connectivity index (χ2v) is 7.88. The molecule has 2 N–H and O–H groups in total. The molecule has 0 radical (unpaired) electrons. The van der Waals surface area contributed by atoms with Crippen LogP contribution in [0.15, 0.2) is 58.1 Å². The molecule has 8 nitrogen and oxygen atoms in total. The van der Waals surface area contributed by atoms with Crippen molar-refractivity contribution in [3.05, 3.63) is 75.1 Å². The molecule has 8 heteroatoms. The van der Waals surface area contributed by atoms with Crippen LogP contribution in [-0.2, 0) is 6.42 Å². The summed E-state index contributed by atoms with van der Waals surface area (Å²) in [6, 6.07) is 15.0. The first kappa shape index (κ1) is 19.4. The van der Waals surface area contributed by atoms with Gasteiger partial charge in [-0.25, -0.2) is 10.1 Å². The number of aromatic amines is 2. The van der Waals surface area contributed by atoms with Crippen molar-refractivity contribution in [2.24, 2.45) is 0 Å². The van der Waals surface area contributed by atoms with Gasteiger partial charge in [-0.1, -0.05) is 30.3 Å². The third-order valence-electron chi connectivity index (χ3n) is 5.90. The molecule has 0 spiro atoms. The molecule has 4 aromatic rings. The number of benzene rings is 2. The lowest BCUT2D eigenvalue weighted by molar-refractivity contribution is 0.254. The highest BCUT2D eigenvalue weighted by atomic mass is 16.1. The smallest absolute Gasteiger partial charge is 0.272 e. The molecule has 2 aromatic carbocycles. The maximum atomic E-state index is 12.2. The number of para-hydroxylation sites is 1. The van der Waals surface area contributed by atoms with E-state index in [9.17, 15) is 9.59 Å². The molecule has 2 aromatic heterocycles. The molecule has 0 aliphatic carbocycles. The fourth-order valence-electron chi connectivity index (χ4n) is 4.25. The van der Waals surface area contributed by atoms with E-state index in [1.807, 2.05) is 42.5 Å². The van der Waals surface area contributed by atoms with Crippen LogP contribution in [0.25, 0.3) is 21.7 Å². The van der Waals surface area contributed by atoms with Crippen LogP contribution in [-0.4, -0.2) is 57.8 Å². The Labute approximate surface area is 178 Å². The predicted molar refractivity (Wildman–Crippen MR) is 122 cm³/mol. The number of piperazine rings is 1. The largest absolute Gasteiger partial charge is 0.352 e. The standard InChI is InChI=1S/C23H24N6O2/c30-22-18-8-3-4-9-19(18)24-20(25-22)10-5-11-28-12-14-29(15-13-28)21-16-6-1-2-7-17(16)23(31)27-26-21/h1-4,6-9H,5,10-15H2,(H,27,31)(H,24,25,30). The van der Waals surface area contributed by atoms with Gasteiger partial charge in [0.1, 0.15) is 5.82 Å². The van der Waals surface area contributed by atoms with Crippen LogP contribution in [0.3, 0.4) is 0 Å². The lowest BCUT2D eigenvalue weighted by Crippen LogP contribution is -2.47. The zero-order valence-corrected chi connectivity index (χ0v) is 17.2. The summed E-state index contributed by atoms with van der Waals surface area (Å²) < 4.78 is 0. The monoisotopic (exact) mass is 416 g/mol. The molecule has 0 saturated carbocycles. The number of aromatic nitrogens is 4. The van der Waals surface area contributed by atoms with Crippen molar-refractivity contribution < 1.29 is 0 Å². The Hall–Kier alpha value is -3.52. The minimum atomic E-state index is -0.154. The topological polar surface area (TPSA) is 98.0 Å². The number of nitrogens with one attached hydrogen (secondary N) is 2. The van der Waals surface area contributed by atoms with E-state index in [1.165, 1.54) is 0 Å². The molecule has 1 saturated heterocycles. The maximum Gasteiger partial charge on any atom is 0.272 e. The fourth-order valence-corrected chi connectivity index (χ4v) is 4.25. The third-order valence-corrected chi connectivity index (χ3v) is 5.90. The number of nitrogens with zero attached hydrogens (tertiary/aromatic N) is 4. The second-order valence-electron chi connectivity index (χ2n) is 7.88. The zero-order chi connectivity index (χ0) is 21.2. The van der Waals surface area contributed by atoms with Gasteiger partial charge in [0, 0.05) is 38.0 Å². The highest BCUT2D eigenvalue weighted by Gasteiger charge is 2.20. The molecule has 158 valence electrons. The molecule has 0 amide bonds. The number of anilines is 1. The molecule has 0 bridgehead atoms. The Balaban J connectivity index is 1.19. The van der Waals surface area contributed by atoms with Crippen molar-refractivity contribution in [2.75, 3.05) is 37.6 Å². The number of aryl methyl sites for hydroxylation is 1. The highest BCUT2D eigenvalue weighted by Crippen LogP contribution is 2.22. The average molecular weight is 416 g/mol. The number of H-pyrrole nitrogens is 2. The predicted octanol–water partition coefficient (Wildman–Crippen LogP) is 1.91. The third kappa shape index (κ3) is 3.94. The van der Waals surface area contributed by atoms with Gasteiger partial charge in [0.15, 0.2) is 5.82 Å². The molecule has 5 rings (SSSR count). The van der Waals surface area contributed by atoms with Crippen LogP contribution in [0.4, 0.5) is 5.82 Å². The van der Waals surface area contributed by atoms with Gasteiger partial charge < -0.3 is 9.88 Å². The highest BCUT2D eigenvalue weighted by molar-refractivity contribution is 5.91. The Morgan fingerprint density at radius 2 is 1.55 bits per heavy atom. The van der Waals surface area contributed by atoms with E-state index in [2.05, 4.69) is 30.0 Å². The molecule has 1 fully saturated rings. The van der Waals surface area contributed by atoms with Crippen molar-refractivity contribution in [1.82, 2.24) is 25.1 Å². The van der Waals surface area contributed by atoms with E-state index in [-0.39, 0.29) is 11.1 Å². The first-order chi connectivity index (χ1) is 15.2. The van der Waals surface area contributed by atoms with E-state index < -0.39 is 0 Å². The number of hydrogen-bond donors (Lipinski definition) is 2. The molecule has 3 heterocycles. The number of rotatable bonds is 5.